The van der Waals surface area contributed by atoms with E-state index >= 15 is 0 Å². The van der Waals surface area contributed by atoms with Gasteiger partial charge in [0, 0.05) is 10.6 Å². The number of rotatable bonds is 5. The molecule has 1 atom stereocenters. The fraction of sp³-hybridized carbons (Fsp3) is 0.250. The Balaban J connectivity index is 2.57. The molecule has 0 aliphatic carbocycles. The van der Waals surface area contributed by atoms with Crippen LogP contribution in [0.3, 0.4) is 0 Å². The third kappa shape index (κ3) is 3.13. The Bertz CT molecular complexity index is 632. The third-order valence-corrected chi connectivity index (χ3v) is 3.96. The highest BCUT2D eigenvalue weighted by atomic mass is 35.5. The molecule has 0 bridgehead atoms. The first-order valence-corrected chi connectivity index (χ1v) is 6.93. The van der Waals surface area contributed by atoms with Crippen LogP contribution in [0.5, 0.6) is 11.5 Å². The molecular weight excluding hydrogens is 288 g/mol. The number of hydrazine groups is 1. The maximum absolute atomic E-state index is 6.42. The van der Waals surface area contributed by atoms with Crippen molar-refractivity contribution in [2.24, 2.45) is 5.84 Å². The molecular formula is C16H19ClN2O2. The minimum atomic E-state index is -0.289. The molecule has 0 aliphatic rings. The number of nitrogens with two attached hydrogens (primary N) is 1. The Hall–Kier alpha value is -1.75. The topological polar surface area (TPSA) is 56.5 Å². The third-order valence-electron chi connectivity index (χ3n) is 3.45. The van der Waals surface area contributed by atoms with E-state index in [0.717, 1.165) is 28.2 Å². The summed E-state index contributed by atoms with van der Waals surface area (Å²) in [4.78, 5) is 0. The summed E-state index contributed by atoms with van der Waals surface area (Å²) in [6.07, 6.45) is 0. The molecule has 1 unspecified atom stereocenters. The summed E-state index contributed by atoms with van der Waals surface area (Å²) < 4.78 is 10.7. The molecule has 0 saturated heterocycles. The van der Waals surface area contributed by atoms with Crippen LogP contribution in [0.25, 0.3) is 0 Å². The van der Waals surface area contributed by atoms with Crippen LogP contribution in [0.15, 0.2) is 36.4 Å². The number of aryl methyl sites for hydroxylation is 1. The Morgan fingerprint density at radius 3 is 2.48 bits per heavy atom. The van der Waals surface area contributed by atoms with Crippen LogP contribution < -0.4 is 20.7 Å². The van der Waals surface area contributed by atoms with Crippen molar-refractivity contribution in [3.8, 4) is 11.5 Å². The molecule has 5 heteroatoms. The summed E-state index contributed by atoms with van der Waals surface area (Å²) in [7, 11) is 3.24. The van der Waals surface area contributed by atoms with Gasteiger partial charge < -0.3 is 9.47 Å². The molecule has 0 aromatic heterocycles. The normalized spacial score (nSPS) is 12.0. The lowest BCUT2D eigenvalue weighted by Crippen LogP contribution is -2.29. The minimum absolute atomic E-state index is 0.289. The summed E-state index contributed by atoms with van der Waals surface area (Å²) in [6.45, 7) is 1.96. The van der Waals surface area contributed by atoms with Crippen LogP contribution in [0, 0.1) is 6.92 Å². The molecule has 21 heavy (non-hydrogen) atoms. The maximum atomic E-state index is 6.42. The van der Waals surface area contributed by atoms with E-state index in [1.165, 1.54) is 0 Å². The second-order valence-corrected chi connectivity index (χ2v) is 5.06. The van der Waals surface area contributed by atoms with Crippen molar-refractivity contribution >= 4 is 11.6 Å². The van der Waals surface area contributed by atoms with Crippen LogP contribution in [0.1, 0.15) is 22.7 Å². The van der Waals surface area contributed by atoms with Gasteiger partial charge in [-0.15, -0.1) is 0 Å². The standard InChI is InChI=1S/C16H19ClN2O2/c1-10-5-4-6-12(15(10)17)16(19-18)13-9-11(20-2)7-8-14(13)21-3/h4-9,16,19H,18H2,1-3H3. The van der Waals surface area contributed by atoms with Gasteiger partial charge in [-0.2, -0.15) is 0 Å². The van der Waals surface area contributed by atoms with E-state index in [2.05, 4.69) is 5.43 Å². The van der Waals surface area contributed by atoms with Gasteiger partial charge in [0.2, 0.25) is 0 Å². The average Bonchev–Trinajstić information content (AvgIpc) is 2.52. The molecule has 0 heterocycles. The van der Waals surface area contributed by atoms with Crippen LogP contribution in [0.4, 0.5) is 0 Å². The highest BCUT2D eigenvalue weighted by Crippen LogP contribution is 2.36. The zero-order valence-corrected chi connectivity index (χ0v) is 13.1. The molecule has 0 aliphatic heterocycles. The van der Waals surface area contributed by atoms with Crippen LogP contribution >= 0.6 is 11.6 Å². The van der Waals surface area contributed by atoms with Crippen molar-refractivity contribution in [1.82, 2.24) is 5.43 Å². The summed E-state index contributed by atoms with van der Waals surface area (Å²) >= 11 is 6.42. The van der Waals surface area contributed by atoms with Gasteiger partial charge in [-0.25, -0.2) is 5.43 Å². The van der Waals surface area contributed by atoms with E-state index in [1.54, 1.807) is 14.2 Å². The van der Waals surface area contributed by atoms with Gasteiger partial charge in [-0.1, -0.05) is 29.8 Å². The smallest absolute Gasteiger partial charge is 0.124 e. The number of halogens is 1. The fourth-order valence-electron chi connectivity index (χ4n) is 2.31. The number of ether oxygens (including phenoxy) is 2. The number of hydrogen-bond acceptors (Lipinski definition) is 4. The van der Waals surface area contributed by atoms with Crippen LogP contribution in [0.2, 0.25) is 5.02 Å². The van der Waals surface area contributed by atoms with Crippen molar-refractivity contribution in [1.29, 1.82) is 0 Å². The van der Waals surface area contributed by atoms with Crippen molar-refractivity contribution < 1.29 is 9.47 Å². The van der Waals surface area contributed by atoms with Gasteiger partial charge in [0.25, 0.3) is 0 Å². The van der Waals surface area contributed by atoms with Crippen molar-refractivity contribution in [3.63, 3.8) is 0 Å². The van der Waals surface area contributed by atoms with Crippen LogP contribution in [-0.2, 0) is 0 Å². The van der Waals surface area contributed by atoms with E-state index < -0.39 is 0 Å². The minimum Gasteiger partial charge on any atom is -0.497 e. The Labute approximate surface area is 129 Å². The van der Waals surface area contributed by atoms with Crippen molar-refractivity contribution in [2.45, 2.75) is 13.0 Å². The van der Waals surface area contributed by atoms with E-state index in [0.29, 0.717) is 5.02 Å². The van der Waals surface area contributed by atoms with Gasteiger partial charge >= 0.3 is 0 Å². The summed E-state index contributed by atoms with van der Waals surface area (Å²) in [5, 5.41) is 0.685. The highest BCUT2D eigenvalue weighted by molar-refractivity contribution is 6.32. The molecule has 2 rings (SSSR count). The molecule has 2 aromatic rings. The lowest BCUT2D eigenvalue weighted by Gasteiger charge is -2.22. The van der Waals surface area contributed by atoms with Crippen LogP contribution in [-0.4, -0.2) is 14.2 Å². The molecule has 4 nitrogen and oxygen atoms in total. The average molecular weight is 307 g/mol. The summed E-state index contributed by atoms with van der Waals surface area (Å²) in [6, 6.07) is 11.1. The lowest BCUT2D eigenvalue weighted by molar-refractivity contribution is 0.394. The van der Waals surface area contributed by atoms with Gasteiger partial charge in [-0.05, 0) is 36.2 Å². The molecule has 0 radical (unpaired) electrons. The SMILES string of the molecule is COc1ccc(OC)c(C(NN)c2cccc(C)c2Cl)c1. The largest absolute Gasteiger partial charge is 0.497 e. The van der Waals surface area contributed by atoms with E-state index in [9.17, 15) is 0 Å². The first-order valence-electron chi connectivity index (χ1n) is 6.55. The Morgan fingerprint density at radius 1 is 1.10 bits per heavy atom. The quantitative estimate of drug-likeness (QED) is 0.658. The molecule has 0 spiro atoms. The van der Waals surface area contributed by atoms with E-state index in [1.807, 2.05) is 43.3 Å². The van der Waals surface area contributed by atoms with Gasteiger partial charge in [0.15, 0.2) is 0 Å². The Morgan fingerprint density at radius 2 is 1.86 bits per heavy atom. The van der Waals surface area contributed by atoms with Gasteiger partial charge in [0.1, 0.15) is 11.5 Å². The second kappa shape index (κ2) is 6.80. The lowest BCUT2D eigenvalue weighted by atomic mass is 9.96. The predicted molar refractivity (Wildman–Crippen MR) is 84.9 cm³/mol. The number of nitrogens with one attached hydrogen (secondary N) is 1. The molecule has 0 fully saturated rings. The van der Waals surface area contributed by atoms with Gasteiger partial charge in [0.05, 0.1) is 20.3 Å². The maximum Gasteiger partial charge on any atom is 0.124 e. The molecule has 0 saturated carbocycles. The molecule has 2 aromatic carbocycles. The number of benzene rings is 2. The monoisotopic (exact) mass is 306 g/mol. The molecule has 112 valence electrons. The van der Waals surface area contributed by atoms with E-state index in [4.69, 9.17) is 26.9 Å². The second-order valence-electron chi connectivity index (χ2n) is 4.69. The summed E-state index contributed by atoms with van der Waals surface area (Å²) in [5.74, 6) is 7.22. The Kier molecular flexibility index (Phi) is 5.07. The zero-order chi connectivity index (χ0) is 15.4. The van der Waals surface area contributed by atoms with Crippen molar-refractivity contribution in [2.75, 3.05) is 14.2 Å². The molecule has 3 N–H and O–H groups in total. The highest BCUT2D eigenvalue weighted by Gasteiger charge is 2.21. The number of hydrogen-bond donors (Lipinski definition) is 2. The fourth-order valence-corrected chi connectivity index (χ4v) is 2.54. The zero-order valence-electron chi connectivity index (χ0n) is 12.3. The van der Waals surface area contributed by atoms with E-state index in [-0.39, 0.29) is 6.04 Å². The number of methoxy groups -OCH3 is 2. The van der Waals surface area contributed by atoms with Crippen molar-refractivity contribution in [3.05, 3.63) is 58.1 Å². The first-order chi connectivity index (χ1) is 10.1. The first kappa shape index (κ1) is 15.6. The predicted octanol–water partition coefficient (Wildman–Crippen LogP) is 3.22. The molecule has 0 amide bonds. The summed E-state index contributed by atoms with van der Waals surface area (Å²) in [5.41, 5.74) is 5.57. The van der Waals surface area contributed by atoms with Gasteiger partial charge in [-0.3, -0.25) is 5.84 Å².